The Morgan fingerprint density at radius 2 is 2.11 bits per heavy atom. The lowest BCUT2D eigenvalue weighted by atomic mass is 10.0. The number of carboxylic acid groups (broad SMARTS) is 1. The van der Waals surface area contributed by atoms with Gasteiger partial charge in [0.05, 0.1) is 19.3 Å². The Bertz CT molecular complexity index is 409. The summed E-state index contributed by atoms with van der Waals surface area (Å²) in [4.78, 5) is 12.4. The van der Waals surface area contributed by atoms with Crippen molar-refractivity contribution in [2.24, 2.45) is 0 Å². The van der Waals surface area contributed by atoms with Crippen molar-refractivity contribution in [1.29, 1.82) is 0 Å². The highest BCUT2D eigenvalue weighted by Gasteiger charge is 2.32. The molecule has 0 radical (unpaired) electrons. The summed E-state index contributed by atoms with van der Waals surface area (Å²) in [6.45, 7) is 1.33. The van der Waals surface area contributed by atoms with E-state index in [1.54, 1.807) is 7.11 Å². The Morgan fingerprint density at radius 1 is 1.37 bits per heavy atom. The van der Waals surface area contributed by atoms with E-state index in [1.807, 2.05) is 30.3 Å². The van der Waals surface area contributed by atoms with Gasteiger partial charge in [0.1, 0.15) is 6.10 Å². The van der Waals surface area contributed by atoms with Gasteiger partial charge in [-0.1, -0.05) is 30.3 Å². The van der Waals surface area contributed by atoms with E-state index in [0.29, 0.717) is 26.1 Å². The number of methoxy groups -OCH3 is 1. The molecule has 0 saturated carbocycles. The second-order valence-electron chi connectivity index (χ2n) is 4.63. The van der Waals surface area contributed by atoms with Gasteiger partial charge in [0.25, 0.3) is 0 Å². The summed E-state index contributed by atoms with van der Waals surface area (Å²) in [5.41, 5.74) is 1.07. The molecule has 2 atom stereocenters. The van der Waals surface area contributed by atoms with Crippen molar-refractivity contribution < 1.29 is 19.4 Å². The van der Waals surface area contributed by atoms with Crippen molar-refractivity contribution in [3.05, 3.63) is 35.9 Å². The first-order chi connectivity index (χ1) is 9.20. The number of rotatable bonds is 4. The molecule has 1 aromatic carbocycles. The van der Waals surface area contributed by atoms with Gasteiger partial charge in [-0.2, -0.15) is 0 Å². The number of likely N-dealkylation sites (tertiary alicyclic amines) is 1. The molecule has 19 heavy (non-hydrogen) atoms. The zero-order valence-electron chi connectivity index (χ0n) is 11.0. The fourth-order valence-corrected chi connectivity index (χ4v) is 2.28. The fourth-order valence-electron chi connectivity index (χ4n) is 2.28. The molecule has 0 spiro atoms. The zero-order chi connectivity index (χ0) is 13.7. The van der Waals surface area contributed by atoms with E-state index in [4.69, 9.17) is 14.6 Å². The van der Waals surface area contributed by atoms with Crippen molar-refractivity contribution in [3.63, 3.8) is 0 Å². The minimum atomic E-state index is -0.900. The molecule has 0 aromatic heterocycles. The van der Waals surface area contributed by atoms with Crippen molar-refractivity contribution in [2.45, 2.75) is 25.2 Å². The van der Waals surface area contributed by atoms with Crippen LogP contribution in [0.5, 0.6) is 0 Å². The van der Waals surface area contributed by atoms with E-state index in [2.05, 4.69) is 0 Å². The van der Waals surface area contributed by atoms with Crippen LogP contribution < -0.4 is 0 Å². The Labute approximate surface area is 112 Å². The molecule has 5 heteroatoms. The summed E-state index contributed by atoms with van der Waals surface area (Å²) in [6, 6.07) is 9.83. The summed E-state index contributed by atoms with van der Waals surface area (Å²) >= 11 is 0. The van der Waals surface area contributed by atoms with Crippen molar-refractivity contribution in [2.75, 3.05) is 20.2 Å². The van der Waals surface area contributed by atoms with Gasteiger partial charge in [-0.25, -0.2) is 4.79 Å². The van der Waals surface area contributed by atoms with E-state index in [-0.39, 0.29) is 12.2 Å². The van der Waals surface area contributed by atoms with Crippen LogP contribution in [-0.4, -0.2) is 48.5 Å². The van der Waals surface area contributed by atoms with Crippen molar-refractivity contribution in [3.8, 4) is 0 Å². The van der Waals surface area contributed by atoms with Crippen molar-refractivity contribution in [1.82, 2.24) is 4.90 Å². The summed E-state index contributed by atoms with van der Waals surface area (Å²) in [6.07, 6.45) is -0.486. The van der Waals surface area contributed by atoms with Crippen LogP contribution in [0.3, 0.4) is 0 Å². The highest BCUT2D eigenvalue weighted by atomic mass is 16.5. The average molecular weight is 265 g/mol. The maximum atomic E-state index is 11.0. The molecule has 0 aliphatic carbocycles. The van der Waals surface area contributed by atoms with Crippen LogP contribution in [0.15, 0.2) is 30.3 Å². The Balaban J connectivity index is 1.93. The second kappa shape index (κ2) is 6.54. The summed E-state index contributed by atoms with van der Waals surface area (Å²) < 4.78 is 11.2. The molecule has 104 valence electrons. The third kappa shape index (κ3) is 3.68. The van der Waals surface area contributed by atoms with Gasteiger partial charge < -0.3 is 19.5 Å². The number of piperidine rings is 1. The van der Waals surface area contributed by atoms with Gasteiger partial charge in [-0.3, -0.25) is 0 Å². The molecule has 1 aliphatic heterocycles. The lowest BCUT2D eigenvalue weighted by Gasteiger charge is -2.36. The second-order valence-corrected chi connectivity index (χ2v) is 4.63. The lowest BCUT2D eigenvalue weighted by Crippen LogP contribution is -2.50. The Morgan fingerprint density at radius 3 is 2.74 bits per heavy atom. The van der Waals surface area contributed by atoms with E-state index in [0.717, 1.165) is 5.56 Å². The van der Waals surface area contributed by atoms with E-state index >= 15 is 0 Å². The first kappa shape index (κ1) is 13.8. The zero-order valence-corrected chi connectivity index (χ0v) is 11.0. The normalized spacial score (nSPS) is 23.3. The number of nitrogens with zero attached hydrogens (tertiary/aromatic N) is 1. The van der Waals surface area contributed by atoms with Gasteiger partial charge in [0, 0.05) is 13.7 Å². The smallest absolute Gasteiger partial charge is 0.407 e. The maximum absolute atomic E-state index is 11.0. The summed E-state index contributed by atoms with van der Waals surface area (Å²) in [5.74, 6) is 0. The largest absolute Gasteiger partial charge is 0.465 e. The van der Waals surface area contributed by atoms with E-state index in [9.17, 15) is 4.79 Å². The van der Waals surface area contributed by atoms with Crippen LogP contribution in [0.1, 0.15) is 12.0 Å². The molecular weight excluding hydrogens is 246 g/mol. The number of amides is 1. The predicted octanol–water partition coefficient (Wildman–Crippen LogP) is 1.97. The number of carbonyl (C=O) groups is 1. The number of benzene rings is 1. The van der Waals surface area contributed by atoms with E-state index in [1.165, 1.54) is 4.90 Å². The molecule has 2 unspecified atom stereocenters. The SMILES string of the molecule is COC1CCN(C(=O)O)CC1OCc1ccccc1. The van der Waals surface area contributed by atoms with Crippen molar-refractivity contribution >= 4 is 6.09 Å². The Hall–Kier alpha value is -1.59. The molecular formula is C14H19NO4. The maximum Gasteiger partial charge on any atom is 0.407 e. The van der Waals surface area contributed by atoms with Crippen LogP contribution in [0, 0.1) is 0 Å². The molecule has 1 amide bonds. The molecule has 1 N–H and O–H groups in total. The van der Waals surface area contributed by atoms with Gasteiger partial charge in [-0.05, 0) is 12.0 Å². The molecule has 0 bridgehead atoms. The van der Waals surface area contributed by atoms with Gasteiger partial charge in [0.15, 0.2) is 0 Å². The quantitative estimate of drug-likeness (QED) is 0.904. The van der Waals surface area contributed by atoms with Crippen LogP contribution in [-0.2, 0) is 16.1 Å². The lowest BCUT2D eigenvalue weighted by molar-refractivity contribution is -0.0962. The first-order valence-electron chi connectivity index (χ1n) is 6.37. The minimum Gasteiger partial charge on any atom is -0.465 e. The summed E-state index contributed by atoms with van der Waals surface area (Å²) in [7, 11) is 1.64. The third-order valence-corrected chi connectivity index (χ3v) is 3.38. The molecule has 1 fully saturated rings. The van der Waals surface area contributed by atoms with Crippen LogP contribution >= 0.6 is 0 Å². The summed E-state index contributed by atoms with van der Waals surface area (Å²) in [5, 5.41) is 9.03. The van der Waals surface area contributed by atoms with Crippen LogP contribution in [0.4, 0.5) is 4.79 Å². The topological polar surface area (TPSA) is 59.0 Å². The minimum absolute atomic E-state index is 0.0423. The fraction of sp³-hybridized carbons (Fsp3) is 0.500. The molecule has 5 nitrogen and oxygen atoms in total. The third-order valence-electron chi connectivity index (χ3n) is 3.38. The van der Waals surface area contributed by atoms with Gasteiger partial charge in [0.2, 0.25) is 0 Å². The first-order valence-corrected chi connectivity index (χ1v) is 6.37. The van der Waals surface area contributed by atoms with Gasteiger partial charge in [-0.15, -0.1) is 0 Å². The Kier molecular flexibility index (Phi) is 4.76. The molecule has 2 rings (SSSR count). The number of hydrogen-bond donors (Lipinski definition) is 1. The highest BCUT2D eigenvalue weighted by molar-refractivity contribution is 5.65. The molecule has 1 heterocycles. The highest BCUT2D eigenvalue weighted by Crippen LogP contribution is 2.18. The standard InChI is InChI=1S/C14H19NO4/c1-18-12-7-8-15(14(16)17)9-13(12)19-10-11-5-3-2-4-6-11/h2-6,12-13H,7-10H2,1H3,(H,16,17). The molecule has 1 aliphatic rings. The van der Waals surface area contributed by atoms with Crippen LogP contribution in [0.2, 0.25) is 0 Å². The van der Waals surface area contributed by atoms with E-state index < -0.39 is 6.09 Å². The average Bonchev–Trinajstić information content (AvgIpc) is 2.45. The number of hydrogen-bond acceptors (Lipinski definition) is 3. The monoisotopic (exact) mass is 265 g/mol. The number of ether oxygens (including phenoxy) is 2. The molecule has 1 aromatic rings. The molecule has 1 saturated heterocycles. The van der Waals surface area contributed by atoms with Crippen LogP contribution in [0.25, 0.3) is 0 Å². The van der Waals surface area contributed by atoms with Gasteiger partial charge >= 0.3 is 6.09 Å². The predicted molar refractivity (Wildman–Crippen MR) is 70.0 cm³/mol.